The minimum Gasteiger partial charge on any atom is -0.465 e. The number of esters is 1. The maximum Gasteiger partial charge on any atom is 0.325 e. The summed E-state index contributed by atoms with van der Waals surface area (Å²) in [6.45, 7) is 6.50. The normalized spacial score (nSPS) is 10.5. The number of rotatable bonds is 7. The molecule has 1 N–H and O–H groups in total. The van der Waals surface area contributed by atoms with E-state index in [9.17, 15) is 9.59 Å². The average molecular weight is 354 g/mol. The van der Waals surface area contributed by atoms with Crippen molar-refractivity contribution >= 4 is 17.7 Å². The van der Waals surface area contributed by atoms with Crippen molar-refractivity contribution < 1.29 is 14.3 Å². The SMILES string of the molecule is CCOC(=O)CN(Cc1ccccc1)C(=O)Nc1ccc(C(C)C)cc1. The second kappa shape index (κ2) is 9.61. The zero-order chi connectivity index (χ0) is 18.9. The molecular formula is C21H26N2O3. The van der Waals surface area contributed by atoms with Gasteiger partial charge in [0.2, 0.25) is 0 Å². The van der Waals surface area contributed by atoms with Crippen LogP contribution in [-0.2, 0) is 16.1 Å². The topological polar surface area (TPSA) is 58.6 Å². The van der Waals surface area contributed by atoms with Crippen molar-refractivity contribution in [3.05, 3.63) is 65.7 Å². The van der Waals surface area contributed by atoms with Crippen molar-refractivity contribution in [3.8, 4) is 0 Å². The summed E-state index contributed by atoms with van der Waals surface area (Å²) in [6, 6.07) is 17.0. The van der Waals surface area contributed by atoms with Crippen molar-refractivity contribution in [2.75, 3.05) is 18.5 Å². The third-order valence-electron chi connectivity index (χ3n) is 3.96. The molecule has 0 aliphatic rings. The molecule has 0 saturated carbocycles. The number of carbonyl (C=O) groups is 2. The Hall–Kier alpha value is -2.82. The third kappa shape index (κ3) is 5.92. The highest BCUT2D eigenvalue weighted by Crippen LogP contribution is 2.17. The molecule has 0 unspecified atom stereocenters. The first-order chi connectivity index (χ1) is 12.5. The predicted octanol–water partition coefficient (Wildman–Crippen LogP) is 4.41. The van der Waals surface area contributed by atoms with Crippen LogP contribution in [0.15, 0.2) is 54.6 Å². The number of urea groups is 1. The molecule has 0 fully saturated rings. The number of amides is 2. The summed E-state index contributed by atoms with van der Waals surface area (Å²) in [5.41, 5.74) is 2.85. The molecule has 2 amide bonds. The van der Waals surface area contributed by atoms with Crippen LogP contribution in [0.3, 0.4) is 0 Å². The number of anilines is 1. The zero-order valence-corrected chi connectivity index (χ0v) is 15.6. The molecule has 0 spiro atoms. The number of hydrogen-bond donors (Lipinski definition) is 1. The average Bonchev–Trinajstić information content (AvgIpc) is 2.62. The van der Waals surface area contributed by atoms with Crippen LogP contribution in [0, 0.1) is 0 Å². The number of hydrogen-bond acceptors (Lipinski definition) is 3. The van der Waals surface area contributed by atoms with E-state index in [1.54, 1.807) is 6.92 Å². The fourth-order valence-corrected chi connectivity index (χ4v) is 2.52. The van der Waals surface area contributed by atoms with E-state index in [1.807, 2.05) is 54.6 Å². The van der Waals surface area contributed by atoms with E-state index >= 15 is 0 Å². The molecule has 0 heterocycles. The van der Waals surface area contributed by atoms with Gasteiger partial charge in [0, 0.05) is 12.2 Å². The lowest BCUT2D eigenvalue weighted by atomic mass is 10.0. The van der Waals surface area contributed by atoms with Crippen LogP contribution in [-0.4, -0.2) is 30.1 Å². The molecule has 0 saturated heterocycles. The van der Waals surface area contributed by atoms with E-state index in [0.29, 0.717) is 18.2 Å². The summed E-state index contributed by atoms with van der Waals surface area (Å²) in [5.74, 6) is 0.00637. The van der Waals surface area contributed by atoms with Gasteiger partial charge in [-0.25, -0.2) is 4.79 Å². The summed E-state index contributed by atoms with van der Waals surface area (Å²) in [5, 5.41) is 2.86. The van der Waals surface area contributed by atoms with E-state index in [4.69, 9.17) is 4.74 Å². The van der Waals surface area contributed by atoms with Gasteiger partial charge in [-0.15, -0.1) is 0 Å². The summed E-state index contributed by atoms with van der Waals surface area (Å²) >= 11 is 0. The molecule has 5 nitrogen and oxygen atoms in total. The Morgan fingerprint density at radius 3 is 2.27 bits per heavy atom. The Kier molecular flexibility index (Phi) is 7.21. The fraction of sp³-hybridized carbons (Fsp3) is 0.333. The van der Waals surface area contributed by atoms with Crippen molar-refractivity contribution in [2.24, 2.45) is 0 Å². The van der Waals surface area contributed by atoms with Gasteiger partial charge in [-0.2, -0.15) is 0 Å². The molecule has 2 aromatic rings. The van der Waals surface area contributed by atoms with Crippen molar-refractivity contribution in [2.45, 2.75) is 33.2 Å². The van der Waals surface area contributed by atoms with E-state index in [1.165, 1.54) is 10.5 Å². The van der Waals surface area contributed by atoms with Crippen LogP contribution >= 0.6 is 0 Å². The van der Waals surface area contributed by atoms with Gasteiger partial charge >= 0.3 is 12.0 Å². The van der Waals surface area contributed by atoms with Crippen LogP contribution in [0.5, 0.6) is 0 Å². The van der Waals surface area contributed by atoms with Gasteiger partial charge in [0.25, 0.3) is 0 Å². The molecule has 0 aliphatic carbocycles. The Morgan fingerprint density at radius 2 is 1.69 bits per heavy atom. The second-order valence-electron chi connectivity index (χ2n) is 6.35. The smallest absolute Gasteiger partial charge is 0.325 e. The van der Waals surface area contributed by atoms with Crippen LogP contribution in [0.25, 0.3) is 0 Å². The quantitative estimate of drug-likeness (QED) is 0.750. The second-order valence-corrected chi connectivity index (χ2v) is 6.35. The predicted molar refractivity (Wildman–Crippen MR) is 103 cm³/mol. The maximum absolute atomic E-state index is 12.7. The first-order valence-corrected chi connectivity index (χ1v) is 8.85. The summed E-state index contributed by atoms with van der Waals surface area (Å²) in [6.07, 6.45) is 0. The molecule has 0 atom stereocenters. The first kappa shape index (κ1) is 19.5. The molecule has 2 aromatic carbocycles. The summed E-state index contributed by atoms with van der Waals surface area (Å²) in [4.78, 5) is 26.0. The lowest BCUT2D eigenvalue weighted by Crippen LogP contribution is -2.39. The summed E-state index contributed by atoms with van der Waals surface area (Å²) in [7, 11) is 0. The van der Waals surface area contributed by atoms with Crippen molar-refractivity contribution in [1.82, 2.24) is 4.90 Å². The van der Waals surface area contributed by atoms with Crippen LogP contribution < -0.4 is 5.32 Å². The molecule has 2 rings (SSSR count). The lowest BCUT2D eigenvalue weighted by Gasteiger charge is -2.22. The molecule has 138 valence electrons. The lowest BCUT2D eigenvalue weighted by molar-refractivity contribution is -0.143. The minimum absolute atomic E-state index is 0.0986. The number of carbonyl (C=O) groups excluding carboxylic acids is 2. The fourth-order valence-electron chi connectivity index (χ4n) is 2.52. The number of nitrogens with zero attached hydrogens (tertiary/aromatic N) is 1. The number of benzene rings is 2. The highest BCUT2D eigenvalue weighted by Gasteiger charge is 2.18. The molecule has 5 heteroatoms. The van der Waals surface area contributed by atoms with Gasteiger partial charge in [0.05, 0.1) is 6.61 Å². The Labute approximate surface area is 155 Å². The largest absolute Gasteiger partial charge is 0.465 e. The minimum atomic E-state index is -0.422. The molecule has 0 bridgehead atoms. The third-order valence-corrected chi connectivity index (χ3v) is 3.96. The van der Waals surface area contributed by atoms with Gasteiger partial charge < -0.3 is 15.0 Å². The summed E-state index contributed by atoms with van der Waals surface area (Å²) < 4.78 is 4.99. The van der Waals surface area contributed by atoms with E-state index in [0.717, 1.165) is 5.56 Å². The Morgan fingerprint density at radius 1 is 1.04 bits per heavy atom. The van der Waals surface area contributed by atoms with Gasteiger partial charge in [-0.1, -0.05) is 56.3 Å². The van der Waals surface area contributed by atoms with E-state index in [-0.39, 0.29) is 19.2 Å². The van der Waals surface area contributed by atoms with Crippen molar-refractivity contribution in [3.63, 3.8) is 0 Å². The molecular weight excluding hydrogens is 328 g/mol. The standard InChI is InChI=1S/C21H26N2O3/c1-4-26-20(24)15-23(14-17-8-6-5-7-9-17)21(25)22-19-12-10-18(11-13-19)16(2)3/h5-13,16H,4,14-15H2,1-3H3,(H,22,25). The maximum atomic E-state index is 12.7. The monoisotopic (exact) mass is 354 g/mol. The van der Waals surface area contributed by atoms with E-state index < -0.39 is 5.97 Å². The first-order valence-electron chi connectivity index (χ1n) is 8.85. The van der Waals surface area contributed by atoms with Gasteiger partial charge in [0.1, 0.15) is 6.54 Å². The Bertz CT molecular complexity index is 712. The highest BCUT2D eigenvalue weighted by molar-refractivity contribution is 5.91. The van der Waals surface area contributed by atoms with Crippen LogP contribution in [0.2, 0.25) is 0 Å². The van der Waals surface area contributed by atoms with Gasteiger partial charge in [0.15, 0.2) is 0 Å². The number of ether oxygens (including phenoxy) is 1. The van der Waals surface area contributed by atoms with Gasteiger partial charge in [-0.3, -0.25) is 4.79 Å². The molecule has 0 radical (unpaired) electrons. The molecule has 26 heavy (non-hydrogen) atoms. The molecule has 0 aromatic heterocycles. The van der Waals surface area contributed by atoms with E-state index in [2.05, 4.69) is 19.2 Å². The van der Waals surface area contributed by atoms with Gasteiger partial charge in [-0.05, 0) is 36.1 Å². The zero-order valence-electron chi connectivity index (χ0n) is 15.6. The van der Waals surface area contributed by atoms with Crippen molar-refractivity contribution in [1.29, 1.82) is 0 Å². The highest BCUT2D eigenvalue weighted by atomic mass is 16.5. The van der Waals surface area contributed by atoms with Crippen LogP contribution in [0.4, 0.5) is 10.5 Å². The Balaban J connectivity index is 2.09. The van der Waals surface area contributed by atoms with Crippen LogP contribution in [0.1, 0.15) is 37.8 Å². The molecule has 0 aliphatic heterocycles. The number of nitrogens with one attached hydrogen (secondary N) is 1.